The molecule has 0 rings (SSSR count). The molecule has 0 aromatic heterocycles. The van der Waals surface area contributed by atoms with Gasteiger partial charge in [-0.3, -0.25) is 0 Å². The van der Waals surface area contributed by atoms with Crippen molar-refractivity contribution < 1.29 is 0 Å². The molecule has 0 aromatic rings. The maximum atomic E-state index is 2.36. The van der Waals surface area contributed by atoms with Crippen molar-refractivity contribution >= 4 is 6.71 Å². The summed E-state index contributed by atoms with van der Waals surface area (Å²) in [4.78, 5) is 0. The fourth-order valence-electron chi connectivity index (χ4n) is 2.62. The Bertz CT molecular complexity index is 121. The third-order valence-electron chi connectivity index (χ3n) is 3.84. The van der Waals surface area contributed by atoms with E-state index in [0.29, 0.717) is 0 Å². The Morgan fingerprint density at radius 3 is 1.00 bits per heavy atom. The highest BCUT2D eigenvalue weighted by Crippen LogP contribution is 2.20. The van der Waals surface area contributed by atoms with Crippen molar-refractivity contribution in [3.05, 3.63) is 0 Å². The first-order valence-electron chi connectivity index (χ1n) is 7.69. The van der Waals surface area contributed by atoms with Crippen LogP contribution in [0.3, 0.4) is 0 Å². The third kappa shape index (κ3) is 10.6. The van der Waals surface area contributed by atoms with Gasteiger partial charge in [0.2, 0.25) is 0 Å². The van der Waals surface area contributed by atoms with Gasteiger partial charge in [0, 0.05) is 0 Å². The van der Waals surface area contributed by atoms with E-state index in [4.69, 9.17) is 0 Å². The van der Waals surface area contributed by atoms with Gasteiger partial charge in [0.1, 0.15) is 0 Å². The smallest absolute Gasteiger partial charge is 0.0160 e. The SMILES string of the molecule is CC(C)CC[BH-](CCC(C)C)CCC(C)C. The second-order valence-electron chi connectivity index (χ2n) is 7.17. The predicted molar refractivity (Wildman–Crippen MR) is 79.9 cm³/mol. The number of hydrogen-bond donors (Lipinski definition) is 0. The fourth-order valence-corrected chi connectivity index (χ4v) is 2.62. The van der Waals surface area contributed by atoms with Crippen molar-refractivity contribution in [1.29, 1.82) is 0 Å². The standard InChI is InChI=1S/C15H34B/c1-13(2)7-10-16(11-8-14(3)4)12-9-15(5)6/h13-16H,7-12H2,1-6H3/q-1. The van der Waals surface area contributed by atoms with Crippen LogP contribution in [0, 0.1) is 17.8 Å². The van der Waals surface area contributed by atoms with Crippen LogP contribution in [0.15, 0.2) is 0 Å². The van der Waals surface area contributed by atoms with Crippen LogP contribution in [0.2, 0.25) is 19.0 Å². The molecule has 0 bridgehead atoms. The van der Waals surface area contributed by atoms with Crippen molar-refractivity contribution in [3.8, 4) is 0 Å². The lowest BCUT2D eigenvalue weighted by atomic mass is 9.40. The van der Waals surface area contributed by atoms with E-state index in [1.165, 1.54) is 38.2 Å². The summed E-state index contributed by atoms with van der Waals surface area (Å²) in [5.74, 6) is 2.69. The Morgan fingerprint density at radius 1 is 0.562 bits per heavy atom. The van der Waals surface area contributed by atoms with Gasteiger partial charge < -0.3 is 0 Å². The molecular weight excluding hydrogens is 191 g/mol. The summed E-state index contributed by atoms with van der Waals surface area (Å²) in [5.41, 5.74) is 0. The fraction of sp³-hybridized carbons (Fsp3) is 1.00. The molecule has 98 valence electrons. The van der Waals surface area contributed by atoms with Gasteiger partial charge in [-0.2, -0.15) is 19.0 Å². The van der Waals surface area contributed by atoms with Gasteiger partial charge in [0.15, 0.2) is 0 Å². The largest absolute Gasteiger partial charge is 0.181 e. The molecule has 0 spiro atoms. The molecule has 0 aliphatic rings. The third-order valence-corrected chi connectivity index (χ3v) is 3.84. The molecule has 0 amide bonds. The van der Waals surface area contributed by atoms with Crippen LogP contribution in [-0.4, -0.2) is 6.71 Å². The van der Waals surface area contributed by atoms with Crippen LogP contribution in [0.1, 0.15) is 60.8 Å². The van der Waals surface area contributed by atoms with Crippen LogP contribution in [0.25, 0.3) is 0 Å². The highest BCUT2D eigenvalue weighted by Gasteiger charge is 2.06. The highest BCUT2D eigenvalue weighted by atomic mass is 14.0. The van der Waals surface area contributed by atoms with Gasteiger partial charge in [-0.05, 0) is 6.71 Å². The number of hydrogen-bond acceptors (Lipinski definition) is 0. The Labute approximate surface area is 105 Å². The average Bonchev–Trinajstić information content (AvgIpc) is 2.15. The van der Waals surface area contributed by atoms with Crippen LogP contribution < -0.4 is 0 Å². The molecule has 0 N–H and O–H groups in total. The van der Waals surface area contributed by atoms with Gasteiger partial charge in [-0.15, -0.1) is 0 Å². The van der Waals surface area contributed by atoms with Gasteiger partial charge in [0.25, 0.3) is 0 Å². The molecule has 0 nitrogen and oxygen atoms in total. The normalized spacial score (nSPS) is 12.4. The Balaban J connectivity index is 3.85. The first kappa shape index (κ1) is 16.1. The Morgan fingerprint density at radius 2 is 0.812 bits per heavy atom. The topological polar surface area (TPSA) is 0 Å². The van der Waals surface area contributed by atoms with E-state index in [0.717, 1.165) is 17.8 Å². The molecule has 0 radical (unpaired) electrons. The summed E-state index contributed by atoms with van der Waals surface area (Å²) in [6, 6.07) is 0. The quantitative estimate of drug-likeness (QED) is 0.464. The summed E-state index contributed by atoms with van der Waals surface area (Å²) >= 11 is 0. The summed E-state index contributed by atoms with van der Waals surface area (Å²) in [7, 11) is 0. The van der Waals surface area contributed by atoms with Crippen LogP contribution in [0.5, 0.6) is 0 Å². The van der Waals surface area contributed by atoms with Crippen LogP contribution in [-0.2, 0) is 0 Å². The van der Waals surface area contributed by atoms with Crippen LogP contribution in [0.4, 0.5) is 0 Å². The second-order valence-corrected chi connectivity index (χ2v) is 7.17. The lowest BCUT2D eigenvalue weighted by molar-refractivity contribution is 0.592. The van der Waals surface area contributed by atoms with Crippen molar-refractivity contribution in [2.45, 2.75) is 79.8 Å². The average molecular weight is 225 g/mol. The minimum absolute atomic E-state index is 0.156. The Kier molecular flexibility index (Phi) is 9.17. The zero-order valence-electron chi connectivity index (χ0n) is 12.7. The van der Waals surface area contributed by atoms with E-state index in [1.54, 1.807) is 0 Å². The van der Waals surface area contributed by atoms with Crippen LogP contribution >= 0.6 is 0 Å². The van der Waals surface area contributed by atoms with E-state index >= 15 is 0 Å². The molecule has 0 unspecified atom stereocenters. The maximum absolute atomic E-state index is 2.36. The van der Waals surface area contributed by atoms with Gasteiger partial charge in [-0.25, -0.2) is 0 Å². The van der Waals surface area contributed by atoms with Crippen molar-refractivity contribution in [2.24, 2.45) is 17.8 Å². The monoisotopic (exact) mass is 225 g/mol. The zero-order chi connectivity index (χ0) is 12.6. The van der Waals surface area contributed by atoms with Gasteiger partial charge >= 0.3 is 0 Å². The molecule has 0 fully saturated rings. The van der Waals surface area contributed by atoms with E-state index < -0.39 is 0 Å². The lowest BCUT2D eigenvalue weighted by Gasteiger charge is -2.25. The molecule has 0 atom stereocenters. The van der Waals surface area contributed by atoms with E-state index in [-0.39, 0.29) is 6.71 Å². The number of rotatable bonds is 9. The predicted octanol–water partition coefficient (Wildman–Crippen LogP) is 5.35. The molecule has 0 saturated carbocycles. The first-order chi connectivity index (χ1) is 7.41. The molecule has 1 heteroatoms. The van der Waals surface area contributed by atoms with Gasteiger partial charge in [-0.1, -0.05) is 78.6 Å². The molecule has 16 heavy (non-hydrogen) atoms. The summed E-state index contributed by atoms with van der Waals surface area (Å²) < 4.78 is 0. The Hall–Kier alpha value is 0.0649. The first-order valence-corrected chi connectivity index (χ1v) is 7.69. The van der Waals surface area contributed by atoms with Crippen molar-refractivity contribution in [3.63, 3.8) is 0 Å². The molecule has 0 saturated heterocycles. The molecule has 0 heterocycles. The zero-order valence-corrected chi connectivity index (χ0v) is 12.7. The van der Waals surface area contributed by atoms with Gasteiger partial charge in [0.05, 0.1) is 0 Å². The molecule has 0 aliphatic heterocycles. The van der Waals surface area contributed by atoms with Crippen molar-refractivity contribution in [1.82, 2.24) is 0 Å². The summed E-state index contributed by atoms with van der Waals surface area (Å²) in [6.07, 6.45) is 8.98. The lowest BCUT2D eigenvalue weighted by Crippen LogP contribution is -2.15. The second kappa shape index (κ2) is 9.13. The van der Waals surface area contributed by atoms with E-state index in [1.807, 2.05) is 0 Å². The molecule has 0 aliphatic carbocycles. The highest BCUT2D eigenvalue weighted by molar-refractivity contribution is 6.58. The van der Waals surface area contributed by atoms with E-state index in [2.05, 4.69) is 41.5 Å². The molecule has 0 aromatic carbocycles. The molecular formula is C15H34B-. The summed E-state index contributed by atoms with van der Waals surface area (Å²) in [5, 5.41) is 0. The van der Waals surface area contributed by atoms with Crippen molar-refractivity contribution in [2.75, 3.05) is 0 Å². The maximum Gasteiger partial charge on any atom is -0.0160 e. The van der Waals surface area contributed by atoms with E-state index in [9.17, 15) is 0 Å². The summed E-state index contributed by atoms with van der Waals surface area (Å²) in [6.45, 7) is 14.3. The minimum Gasteiger partial charge on any atom is -0.181 e. The minimum atomic E-state index is 0.156.